The number of carbonyl (C=O) groups excluding carboxylic acids is 1. The van der Waals surface area contributed by atoms with E-state index in [4.69, 9.17) is 0 Å². The lowest BCUT2D eigenvalue weighted by atomic mass is 9.94. The number of carbonyl (C=O) groups is 1. The summed E-state index contributed by atoms with van der Waals surface area (Å²) < 4.78 is 0. The van der Waals surface area contributed by atoms with Gasteiger partial charge >= 0.3 is 0 Å². The molecule has 0 fully saturated rings. The Morgan fingerprint density at radius 3 is 2.72 bits per heavy atom. The first-order valence-corrected chi connectivity index (χ1v) is 6.10. The molecule has 18 heavy (non-hydrogen) atoms. The zero-order chi connectivity index (χ0) is 12.7. The molecule has 0 saturated carbocycles. The maximum atomic E-state index is 12.0. The van der Waals surface area contributed by atoms with Gasteiger partial charge in [-0.1, -0.05) is 43.0 Å². The van der Waals surface area contributed by atoms with E-state index in [9.17, 15) is 4.79 Å². The monoisotopic (exact) mass is 234 g/mol. The minimum absolute atomic E-state index is 0.0251. The standard InChI is InChI=1S/C17H14O/c1-3-16(18)17-11(2)8-9-14-13-7-5-4-6-12(13)10-15(14)17/h3-9H,1,10H2,2H3. The molecule has 3 rings (SSSR count). The third-order valence-electron chi connectivity index (χ3n) is 3.63. The van der Waals surface area contributed by atoms with Crippen molar-refractivity contribution in [2.24, 2.45) is 0 Å². The van der Waals surface area contributed by atoms with E-state index < -0.39 is 0 Å². The number of aryl methyl sites for hydroxylation is 1. The van der Waals surface area contributed by atoms with E-state index in [1.54, 1.807) is 0 Å². The second kappa shape index (κ2) is 3.95. The molecule has 1 aliphatic rings. The molecule has 0 aromatic heterocycles. The summed E-state index contributed by atoms with van der Waals surface area (Å²) in [5.41, 5.74) is 6.77. The molecule has 1 nitrogen and oxygen atoms in total. The van der Waals surface area contributed by atoms with Gasteiger partial charge in [0, 0.05) is 5.56 Å². The van der Waals surface area contributed by atoms with Gasteiger partial charge < -0.3 is 0 Å². The summed E-state index contributed by atoms with van der Waals surface area (Å²) in [7, 11) is 0. The van der Waals surface area contributed by atoms with Gasteiger partial charge in [-0.05, 0) is 47.2 Å². The van der Waals surface area contributed by atoms with Gasteiger partial charge in [0.25, 0.3) is 0 Å². The third-order valence-corrected chi connectivity index (χ3v) is 3.63. The number of ketones is 1. The minimum atomic E-state index is 0.0251. The molecule has 0 atom stereocenters. The summed E-state index contributed by atoms with van der Waals surface area (Å²) in [6.45, 7) is 5.59. The quantitative estimate of drug-likeness (QED) is 0.485. The fourth-order valence-corrected chi connectivity index (χ4v) is 2.77. The Kier molecular flexibility index (Phi) is 2.41. The highest BCUT2D eigenvalue weighted by molar-refractivity contribution is 6.08. The van der Waals surface area contributed by atoms with Crippen molar-refractivity contribution >= 4 is 5.78 Å². The average molecular weight is 234 g/mol. The van der Waals surface area contributed by atoms with E-state index in [0.717, 1.165) is 23.1 Å². The molecule has 1 aliphatic carbocycles. The van der Waals surface area contributed by atoms with Crippen molar-refractivity contribution in [3.05, 3.63) is 71.3 Å². The van der Waals surface area contributed by atoms with Gasteiger partial charge in [-0.25, -0.2) is 0 Å². The number of rotatable bonds is 2. The number of hydrogen-bond donors (Lipinski definition) is 0. The molecule has 1 heteroatoms. The Morgan fingerprint density at radius 2 is 1.94 bits per heavy atom. The number of benzene rings is 2. The van der Waals surface area contributed by atoms with Crippen LogP contribution in [-0.2, 0) is 6.42 Å². The lowest BCUT2D eigenvalue weighted by Gasteiger charge is -2.09. The molecule has 0 unspecified atom stereocenters. The van der Waals surface area contributed by atoms with Crippen LogP contribution in [0, 0.1) is 6.92 Å². The first kappa shape index (κ1) is 11.0. The van der Waals surface area contributed by atoms with E-state index in [0.29, 0.717) is 0 Å². The molecule has 0 amide bonds. The highest BCUT2D eigenvalue weighted by Crippen LogP contribution is 2.39. The second-order valence-electron chi connectivity index (χ2n) is 4.69. The lowest BCUT2D eigenvalue weighted by Crippen LogP contribution is -2.03. The number of allylic oxidation sites excluding steroid dienone is 1. The Hall–Kier alpha value is -2.15. The first-order chi connectivity index (χ1) is 8.72. The summed E-state index contributed by atoms with van der Waals surface area (Å²) in [5.74, 6) is 0.0251. The van der Waals surface area contributed by atoms with Crippen LogP contribution < -0.4 is 0 Å². The van der Waals surface area contributed by atoms with Crippen molar-refractivity contribution in [3.63, 3.8) is 0 Å². The van der Waals surface area contributed by atoms with Crippen LogP contribution in [0.4, 0.5) is 0 Å². The van der Waals surface area contributed by atoms with Crippen LogP contribution in [0.5, 0.6) is 0 Å². The van der Waals surface area contributed by atoms with Crippen LogP contribution in [-0.4, -0.2) is 5.78 Å². The molecule has 0 radical (unpaired) electrons. The van der Waals surface area contributed by atoms with Gasteiger partial charge in [-0.15, -0.1) is 0 Å². The molecule has 0 bridgehead atoms. The summed E-state index contributed by atoms with van der Waals surface area (Å²) in [4.78, 5) is 12.0. The van der Waals surface area contributed by atoms with E-state index in [-0.39, 0.29) is 5.78 Å². The SMILES string of the molecule is C=CC(=O)c1c(C)ccc2c1Cc1ccccc1-2. The molecule has 0 heterocycles. The molecule has 0 spiro atoms. The van der Waals surface area contributed by atoms with Crippen molar-refractivity contribution in [2.45, 2.75) is 13.3 Å². The smallest absolute Gasteiger partial charge is 0.185 e. The molecular weight excluding hydrogens is 220 g/mol. The lowest BCUT2D eigenvalue weighted by molar-refractivity contribution is 0.104. The van der Waals surface area contributed by atoms with Gasteiger partial charge in [-0.2, -0.15) is 0 Å². The molecule has 0 N–H and O–H groups in total. The third kappa shape index (κ3) is 1.44. The van der Waals surface area contributed by atoms with E-state index in [2.05, 4.69) is 24.8 Å². The summed E-state index contributed by atoms with van der Waals surface area (Å²) in [5, 5.41) is 0. The molecule has 2 aromatic carbocycles. The van der Waals surface area contributed by atoms with Gasteiger partial charge in [0.15, 0.2) is 5.78 Å². The number of hydrogen-bond acceptors (Lipinski definition) is 1. The van der Waals surface area contributed by atoms with Crippen LogP contribution in [0.3, 0.4) is 0 Å². The Morgan fingerprint density at radius 1 is 1.17 bits per heavy atom. The minimum Gasteiger partial charge on any atom is -0.289 e. The van der Waals surface area contributed by atoms with Crippen molar-refractivity contribution in [1.82, 2.24) is 0 Å². The van der Waals surface area contributed by atoms with Crippen molar-refractivity contribution in [3.8, 4) is 11.1 Å². The van der Waals surface area contributed by atoms with E-state index in [1.807, 2.05) is 25.1 Å². The normalized spacial score (nSPS) is 11.8. The zero-order valence-corrected chi connectivity index (χ0v) is 10.4. The summed E-state index contributed by atoms with van der Waals surface area (Å²) >= 11 is 0. The van der Waals surface area contributed by atoms with E-state index in [1.165, 1.54) is 22.8 Å². The molecule has 0 saturated heterocycles. The highest BCUT2D eigenvalue weighted by Gasteiger charge is 2.23. The first-order valence-electron chi connectivity index (χ1n) is 6.10. The van der Waals surface area contributed by atoms with Crippen LogP contribution in [0.2, 0.25) is 0 Å². The summed E-state index contributed by atoms with van der Waals surface area (Å²) in [6.07, 6.45) is 2.26. The molecule has 2 aromatic rings. The fourth-order valence-electron chi connectivity index (χ4n) is 2.77. The van der Waals surface area contributed by atoms with Gasteiger partial charge in [0.1, 0.15) is 0 Å². The molecular formula is C17H14O. The van der Waals surface area contributed by atoms with Crippen LogP contribution >= 0.6 is 0 Å². The predicted octanol–water partition coefficient (Wildman–Crippen LogP) is 3.93. The summed E-state index contributed by atoms with van der Waals surface area (Å²) in [6, 6.07) is 12.5. The van der Waals surface area contributed by atoms with Crippen LogP contribution in [0.25, 0.3) is 11.1 Å². The molecule has 88 valence electrons. The van der Waals surface area contributed by atoms with Crippen molar-refractivity contribution in [2.75, 3.05) is 0 Å². The maximum Gasteiger partial charge on any atom is 0.185 e. The average Bonchev–Trinajstić information content (AvgIpc) is 2.76. The maximum absolute atomic E-state index is 12.0. The van der Waals surface area contributed by atoms with E-state index >= 15 is 0 Å². The van der Waals surface area contributed by atoms with Gasteiger partial charge in [0.2, 0.25) is 0 Å². The fraction of sp³-hybridized carbons (Fsp3) is 0.118. The van der Waals surface area contributed by atoms with Crippen LogP contribution in [0.15, 0.2) is 49.1 Å². The van der Waals surface area contributed by atoms with Crippen molar-refractivity contribution in [1.29, 1.82) is 0 Å². The van der Waals surface area contributed by atoms with Crippen LogP contribution in [0.1, 0.15) is 27.0 Å². The topological polar surface area (TPSA) is 17.1 Å². The highest BCUT2D eigenvalue weighted by atomic mass is 16.1. The largest absolute Gasteiger partial charge is 0.289 e. The second-order valence-corrected chi connectivity index (χ2v) is 4.69. The van der Waals surface area contributed by atoms with Crippen molar-refractivity contribution < 1.29 is 4.79 Å². The number of fused-ring (bicyclic) bond motifs is 3. The predicted molar refractivity (Wildman–Crippen MR) is 73.9 cm³/mol. The van der Waals surface area contributed by atoms with Gasteiger partial charge in [-0.3, -0.25) is 4.79 Å². The Bertz CT molecular complexity index is 665. The Balaban J connectivity index is 2.28. The van der Waals surface area contributed by atoms with Gasteiger partial charge in [0.05, 0.1) is 0 Å². The Labute approximate surface area is 107 Å². The zero-order valence-electron chi connectivity index (χ0n) is 10.4. The molecule has 0 aliphatic heterocycles.